The van der Waals surface area contributed by atoms with Gasteiger partial charge in [-0.05, 0) is 46.0 Å². The van der Waals surface area contributed by atoms with Gasteiger partial charge in [0.2, 0.25) is 0 Å². The Kier molecular flexibility index (Phi) is 6.43. The van der Waals surface area contributed by atoms with Crippen molar-refractivity contribution in [3.05, 3.63) is 52.2 Å². The second-order valence-electron chi connectivity index (χ2n) is 5.34. The highest BCUT2D eigenvalue weighted by atomic mass is 32.1. The first-order valence-corrected chi connectivity index (χ1v) is 8.40. The number of aliphatic hydroxyl groups excluding tert-OH is 1. The monoisotopic (exact) mass is 334 g/mol. The summed E-state index contributed by atoms with van der Waals surface area (Å²) in [6.45, 7) is 2.78. The molecule has 2 unspecified atom stereocenters. The van der Waals surface area contributed by atoms with Crippen LogP contribution >= 0.6 is 11.3 Å². The third-order valence-corrected chi connectivity index (χ3v) is 4.34. The predicted octanol–water partition coefficient (Wildman–Crippen LogP) is 2.89. The summed E-state index contributed by atoms with van der Waals surface area (Å²) in [4.78, 5) is 11.8. The zero-order chi connectivity index (χ0) is 16.7. The molecule has 0 spiro atoms. The van der Waals surface area contributed by atoms with Crippen LogP contribution in [-0.4, -0.2) is 31.3 Å². The fourth-order valence-electron chi connectivity index (χ4n) is 2.11. The van der Waals surface area contributed by atoms with Crippen molar-refractivity contribution >= 4 is 17.4 Å². The Balaban J connectivity index is 1.72. The number of benzene rings is 1. The van der Waals surface area contributed by atoms with Crippen molar-refractivity contribution in [3.8, 4) is 5.75 Å². The van der Waals surface area contributed by atoms with E-state index in [1.165, 1.54) is 5.56 Å². The number of nitrogens with one attached hydrogen (secondary N) is 2. The fourth-order valence-corrected chi connectivity index (χ4v) is 2.90. The molecule has 2 atom stereocenters. The molecule has 5 nitrogen and oxygen atoms in total. The van der Waals surface area contributed by atoms with Crippen LogP contribution in [0, 0.1) is 0 Å². The van der Waals surface area contributed by atoms with Crippen molar-refractivity contribution in [2.45, 2.75) is 18.9 Å². The zero-order valence-corrected chi connectivity index (χ0v) is 14.1. The average Bonchev–Trinajstić information content (AvgIpc) is 3.12. The molecule has 0 saturated heterocycles. The lowest BCUT2D eigenvalue weighted by Crippen LogP contribution is -2.39. The molecular weight excluding hydrogens is 312 g/mol. The Morgan fingerprint density at radius 2 is 1.87 bits per heavy atom. The number of amides is 2. The number of ether oxygens (including phenoxy) is 1. The number of hydrogen-bond donors (Lipinski definition) is 3. The van der Waals surface area contributed by atoms with Gasteiger partial charge in [0.1, 0.15) is 5.75 Å². The number of hydrogen-bond acceptors (Lipinski definition) is 4. The molecule has 2 rings (SSSR count). The van der Waals surface area contributed by atoms with Gasteiger partial charge < -0.3 is 20.5 Å². The summed E-state index contributed by atoms with van der Waals surface area (Å²) in [6.07, 6.45) is -0.749. The van der Waals surface area contributed by atoms with Crippen LogP contribution < -0.4 is 15.4 Å². The van der Waals surface area contributed by atoms with Gasteiger partial charge in [-0.1, -0.05) is 19.1 Å². The van der Waals surface area contributed by atoms with Crippen molar-refractivity contribution in [1.82, 2.24) is 10.6 Å². The van der Waals surface area contributed by atoms with E-state index in [1.54, 1.807) is 42.7 Å². The van der Waals surface area contributed by atoms with Gasteiger partial charge in [0.05, 0.1) is 13.2 Å². The molecule has 0 fully saturated rings. The Morgan fingerprint density at radius 1 is 1.17 bits per heavy atom. The largest absolute Gasteiger partial charge is 0.497 e. The van der Waals surface area contributed by atoms with Crippen molar-refractivity contribution in [1.29, 1.82) is 0 Å². The zero-order valence-electron chi connectivity index (χ0n) is 13.3. The summed E-state index contributed by atoms with van der Waals surface area (Å²) in [5.41, 5.74) is 1.95. The van der Waals surface area contributed by atoms with Gasteiger partial charge in [0.15, 0.2) is 0 Å². The summed E-state index contributed by atoms with van der Waals surface area (Å²) < 4.78 is 5.07. The highest BCUT2D eigenvalue weighted by Gasteiger charge is 2.11. The number of thiophene rings is 1. The van der Waals surface area contributed by atoms with Gasteiger partial charge >= 0.3 is 6.03 Å². The lowest BCUT2D eigenvalue weighted by molar-refractivity contribution is 0.173. The van der Waals surface area contributed by atoms with E-state index in [0.717, 1.165) is 11.3 Å². The topological polar surface area (TPSA) is 70.6 Å². The summed E-state index contributed by atoms with van der Waals surface area (Å²) in [6, 6.07) is 8.90. The van der Waals surface area contributed by atoms with Crippen LogP contribution in [0.15, 0.2) is 41.1 Å². The minimum Gasteiger partial charge on any atom is -0.497 e. The standard InChI is InChI=1S/C17H22N2O3S/c1-12(14-7-8-23-11-14)9-18-17(21)19-10-16(20)13-3-5-15(22-2)6-4-13/h3-8,11-12,16,20H,9-10H2,1-2H3,(H2,18,19,21). The second kappa shape index (κ2) is 8.55. The molecule has 1 aromatic heterocycles. The van der Waals surface area contributed by atoms with Crippen molar-refractivity contribution in [2.24, 2.45) is 0 Å². The van der Waals surface area contributed by atoms with E-state index in [2.05, 4.69) is 29.0 Å². The number of methoxy groups -OCH3 is 1. The number of aliphatic hydroxyl groups is 1. The van der Waals surface area contributed by atoms with Gasteiger partial charge in [0.25, 0.3) is 0 Å². The van der Waals surface area contributed by atoms with Crippen LogP contribution in [-0.2, 0) is 0 Å². The Bertz CT molecular complexity index is 599. The van der Waals surface area contributed by atoms with Crippen molar-refractivity contribution < 1.29 is 14.6 Å². The maximum absolute atomic E-state index is 11.8. The SMILES string of the molecule is COc1ccc(C(O)CNC(=O)NCC(C)c2ccsc2)cc1. The average molecular weight is 334 g/mol. The van der Waals surface area contributed by atoms with Crippen LogP contribution in [0.2, 0.25) is 0 Å². The molecule has 2 amide bonds. The van der Waals surface area contributed by atoms with E-state index in [4.69, 9.17) is 4.74 Å². The molecule has 0 radical (unpaired) electrons. The molecule has 3 N–H and O–H groups in total. The minimum atomic E-state index is -0.749. The van der Waals surface area contributed by atoms with Gasteiger partial charge in [-0.3, -0.25) is 0 Å². The number of carbonyl (C=O) groups excluding carboxylic acids is 1. The van der Waals surface area contributed by atoms with Crippen LogP contribution in [0.1, 0.15) is 30.1 Å². The molecule has 124 valence electrons. The molecule has 0 bridgehead atoms. The Labute approximate surface area is 140 Å². The van der Waals surface area contributed by atoms with Gasteiger partial charge in [-0.25, -0.2) is 4.79 Å². The molecule has 0 aliphatic carbocycles. The van der Waals surface area contributed by atoms with Crippen LogP contribution in [0.5, 0.6) is 5.75 Å². The number of urea groups is 1. The normalized spacial score (nSPS) is 13.2. The van der Waals surface area contributed by atoms with Gasteiger partial charge in [-0.15, -0.1) is 0 Å². The quantitative estimate of drug-likeness (QED) is 0.729. The van der Waals surface area contributed by atoms with E-state index in [-0.39, 0.29) is 18.5 Å². The van der Waals surface area contributed by atoms with E-state index < -0.39 is 6.10 Å². The molecule has 1 aromatic carbocycles. The second-order valence-corrected chi connectivity index (χ2v) is 6.12. The number of carbonyl (C=O) groups is 1. The van der Waals surface area contributed by atoms with E-state index in [1.807, 2.05) is 5.38 Å². The van der Waals surface area contributed by atoms with Gasteiger partial charge in [0, 0.05) is 13.1 Å². The van der Waals surface area contributed by atoms with Crippen LogP contribution in [0.25, 0.3) is 0 Å². The van der Waals surface area contributed by atoms with Gasteiger partial charge in [-0.2, -0.15) is 11.3 Å². The summed E-state index contributed by atoms with van der Waals surface area (Å²) in [7, 11) is 1.59. The highest BCUT2D eigenvalue weighted by Crippen LogP contribution is 2.18. The van der Waals surface area contributed by atoms with Crippen LogP contribution in [0.3, 0.4) is 0 Å². The summed E-state index contributed by atoms with van der Waals surface area (Å²) in [5.74, 6) is 0.993. The molecule has 0 aliphatic rings. The van der Waals surface area contributed by atoms with E-state index >= 15 is 0 Å². The minimum absolute atomic E-state index is 0.158. The first kappa shape index (κ1) is 17.3. The summed E-state index contributed by atoms with van der Waals surface area (Å²) in [5, 5.41) is 19.7. The summed E-state index contributed by atoms with van der Waals surface area (Å²) >= 11 is 1.65. The first-order chi connectivity index (χ1) is 11.1. The highest BCUT2D eigenvalue weighted by molar-refractivity contribution is 7.07. The molecular formula is C17H22N2O3S. The lowest BCUT2D eigenvalue weighted by atomic mass is 10.1. The molecule has 6 heteroatoms. The fraction of sp³-hybridized carbons (Fsp3) is 0.353. The maximum Gasteiger partial charge on any atom is 0.314 e. The third-order valence-electron chi connectivity index (χ3n) is 3.64. The van der Waals surface area contributed by atoms with Crippen molar-refractivity contribution in [2.75, 3.05) is 20.2 Å². The first-order valence-electron chi connectivity index (χ1n) is 7.46. The molecule has 2 aromatic rings. The van der Waals surface area contributed by atoms with Crippen LogP contribution in [0.4, 0.5) is 4.79 Å². The maximum atomic E-state index is 11.8. The van der Waals surface area contributed by atoms with E-state index in [9.17, 15) is 9.90 Å². The third kappa shape index (κ3) is 5.26. The van der Waals surface area contributed by atoms with E-state index in [0.29, 0.717) is 6.54 Å². The molecule has 1 heterocycles. The van der Waals surface area contributed by atoms with Crippen molar-refractivity contribution in [3.63, 3.8) is 0 Å². The molecule has 0 aliphatic heterocycles. The lowest BCUT2D eigenvalue weighted by Gasteiger charge is -2.15. The molecule has 23 heavy (non-hydrogen) atoms. The smallest absolute Gasteiger partial charge is 0.314 e. The molecule has 0 saturated carbocycles. The predicted molar refractivity (Wildman–Crippen MR) is 92.1 cm³/mol. The number of rotatable bonds is 7. The Hall–Kier alpha value is -2.05. The Morgan fingerprint density at radius 3 is 2.48 bits per heavy atom.